The van der Waals surface area contributed by atoms with E-state index in [9.17, 15) is 35.9 Å². The Kier molecular flexibility index (Phi) is 22.8. The Bertz CT molecular complexity index is 4970. The fourth-order valence-electron chi connectivity index (χ4n) is 27.6. The third kappa shape index (κ3) is 14.3. The number of benzene rings is 2. The Morgan fingerprint density at radius 3 is 1.21 bits per heavy atom. The van der Waals surface area contributed by atoms with E-state index < -0.39 is 142 Å². The minimum atomic E-state index is -5.32. The zero-order valence-electron chi connectivity index (χ0n) is 72.4. The molecule has 121 heavy (non-hydrogen) atoms. The number of aryl methyl sites for hydroxylation is 4. The minimum Gasteiger partial charge on any atom is -0.657 e. The van der Waals surface area contributed by atoms with Gasteiger partial charge in [-0.05, 0) is 295 Å². The fourth-order valence-corrected chi connectivity index (χ4v) is 27.6. The van der Waals surface area contributed by atoms with Crippen molar-refractivity contribution in [3.8, 4) is 22.3 Å². The number of alkyl halides is 6. The van der Waals surface area contributed by atoms with Crippen LogP contribution in [-0.2, 0) is 79.9 Å². The van der Waals surface area contributed by atoms with Gasteiger partial charge in [-0.25, -0.2) is 29.1 Å². The van der Waals surface area contributed by atoms with Gasteiger partial charge in [-0.2, -0.15) is 26.3 Å². The summed E-state index contributed by atoms with van der Waals surface area (Å²) in [6, 6.07) is 19.0. The van der Waals surface area contributed by atoms with Crippen molar-refractivity contribution >= 4 is 80.2 Å². The van der Waals surface area contributed by atoms with Crippen molar-refractivity contribution in [3.63, 3.8) is 0 Å². The number of nitrogens with zero attached hydrogens (tertiary/aromatic N) is 4. The predicted molar refractivity (Wildman–Crippen MR) is 442 cm³/mol. The first-order chi connectivity index (χ1) is 56.9. The number of halogens is 6. The second-order valence-electron chi connectivity index (χ2n) is 38.9. The van der Waals surface area contributed by atoms with Gasteiger partial charge in [0.15, 0.2) is 0 Å². The van der Waals surface area contributed by atoms with E-state index in [2.05, 4.69) is 81.4 Å². The first-order valence-electron chi connectivity index (χ1n) is 44.6. The van der Waals surface area contributed by atoms with E-state index >= 15 is 19.2 Å². The number of hydrogen-bond acceptors (Lipinski definition) is 14. The van der Waals surface area contributed by atoms with E-state index in [4.69, 9.17) is 48.4 Å². The van der Waals surface area contributed by atoms with E-state index in [0.29, 0.717) is 136 Å². The molecule has 9 fully saturated rings. The van der Waals surface area contributed by atoms with Gasteiger partial charge < -0.3 is 38.4 Å². The van der Waals surface area contributed by atoms with Gasteiger partial charge in [0.1, 0.15) is 36.6 Å². The van der Waals surface area contributed by atoms with Gasteiger partial charge in [0.05, 0.1) is 33.9 Å². The number of hydrogen-bond donors (Lipinski definition) is 0. The third-order valence-corrected chi connectivity index (χ3v) is 33.6. The molecule has 25 rings (SSSR count). The molecular weight excluding hydrogens is 1600 g/mol. The van der Waals surface area contributed by atoms with E-state index in [1.54, 1.807) is 12.1 Å². The van der Waals surface area contributed by atoms with Gasteiger partial charge in [-0.1, -0.05) is 128 Å². The monoisotopic (exact) mass is 1720 g/mol. The van der Waals surface area contributed by atoms with Crippen LogP contribution in [0.5, 0.6) is 0 Å². The summed E-state index contributed by atoms with van der Waals surface area (Å²) < 4.78 is 129. The molecule has 0 amide bonds. The van der Waals surface area contributed by atoms with Crippen LogP contribution >= 0.6 is 0 Å². The molecule has 12 aliphatic heterocycles. The van der Waals surface area contributed by atoms with Crippen LogP contribution < -0.4 is 9.97 Å². The van der Waals surface area contributed by atoms with E-state index in [1.807, 2.05) is 64.1 Å². The molecule has 15 heterocycles. The standard InChI is InChI=1S/C98H114F6N4O12.Zn/c1-15-61-49(7)85-81-53-21-19-23-55(37-53)89(111)115-59-33-35-93(11)57(39-59)41-75-83-67-29-27-65(95(67,13)77(43-69(83)93)119-91(113)97(99,100)101)48(6)26-32-80(110)118-76-42-58-40-60(34-36-94(58,12)70-44-78(120-92(114)98(102,103)104)96(14)66(28-30-68(96)84(70)76)47(5)25-31-79(109)117-75)116-90(112)56-24-20-22-54(38-56)82(87-50(8)62(16-2)72(106-87)45-71(61)105-85)88-52(10)64(18-4)74(108-88)46-73-63(17-3)51(9)86(81)107-73;/h19-24,37-38,45-48,57-60,65-70,75-78,83-84H,15-18,25-36,39-44H2,1-14H3;/q-2;+2. The molecular formula is C98H114F6N4O12Zn. The third-order valence-electron chi connectivity index (χ3n) is 33.6. The number of esters is 6. The molecule has 23 heteroatoms. The van der Waals surface area contributed by atoms with Crippen molar-refractivity contribution in [2.45, 2.75) is 287 Å². The Labute approximate surface area is 717 Å². The van der Waals surface area contributed by atoms with Gasteiger partial charge in [-0.15, -0.1) is 22.1 Å². The summed E-state index contributed by atoms with van der Waals surface area (Å²) >= 11 is 0. The van der Waals surface area contributed by atoms with E-state index in [1.165, 1.54) is 0 Å². The zero-order chi connectivity index (χ0) is 85.3. The van der Waals surface area contributed by atoms with Gasteiger partial charge in [0, 0.05) is 35.5 Å². The normalized spacial score (nSPS) is 34.7. The van der Waals surface area contributed by atoms with Crippen molar-refractivity contribution in [2.75, 3.05) is 0 Å². The maximum absolute atomic E-state index is 15.4. The summed E-state index contributed by atoms with van der Waals surface area (Å²) in [5.41, 5.74) is 13.4. The maximum atomic E-state index is 15.4. The van der Waals surface area contributed by atoms with Crippen molar-refractivity contribution in [1.29, 1.82) is 0 Å². The summed E-state index contributed by atoms with van der Waals surface area (Å²) in [5.74, 6) is -11.4. The van der Waals surface area contributed by atoms with Crippen LogP contribution in [0.25, 0.3) is 66.6 Å². The van der Waals surface area contributed by atoms with E-state index in [-0.39, 0.29) is 105 Å². The van der Waals surface area contributed by atoms with Crippen molar-refractivity contribution < 1.29 is 103 Å². The molecule has 642 valence electrons. The smallest absolute Gasteiger partial charge is 0.657 e. The quantitative estimate of drug-likeness (QED) is 0.0669. The van der Waals surface area contributed by atoms with Crippen molar-refractivity contribution in [1.82, 2.24) is 19.9 Å². The first kappa shape index (κ1) is 86.6. The largest absolute Gasteiger partial charge is 2.00 e. The number of allylic oxidation sites excluding steroid dienone is 4. The van der Waals surface area contributed by atoms with Gasteiger partial charge in [-0.3, -0.25) is 9.59 Å². The van der Waals surface area contributed by atoms with Gasteiger partial charge in [0.25, 0.3) is 0 Å². The van der Waals surface area contributed by atoms with Crippen molar-refractivity contribution in [3.05, 3.63) is 117 Å². The summed E-state index contributed by atoms with van der Waals surface area (Å²) in [5, 5.41) is 0. The molecule has 5 aromatic rings. The Balaban J connectivity index is 0.0000109. The van der Waals surface area contributed by atoms with Crippen LogP contribution in [0.2, 0.25) is 0 Å². The molecule has 16 nitrogen and oxygen atoms in total. The summed E-state index contributed by atoms with van der Waals surface area (Å²) in [7, 11) is 0. The average molecular weight is 1720 g/mol. The number of fused-ring (bicyclic) bond motifs is 1. The maximum Gasteiger partial charge on any atom is 2.00 e. The Morgan fingerprint density at radius 1 is 0.479 bits per heavy atom. The van der Waals surface area contributed by atoms with Crippen LogP contribution in [0.15, 0.2) is 60.7 Å². The molecule has 22 unspecified atom stereocenters. The minimum absolute atomic E-state index is 0. The molecule has 20 aliphatic rings. The van der Waals surface area contributed by atoms with Crippen LogP contribution in [-0.4, -0.2) is 94.8 Å². The van der Waals surface area contributed by atoms with Crippen LogP contribution in [0, 0.1) is 107 Å². The predicted octanol–water partition coefficient (Wildman–Crippen LogP) is 21.8. The molecule has 32 bridgehead atoms. The van der Waals surface area contributed by atoms with E-state index in [0.717, 1.165) is 78.1 Å². The number of aromatic nitrogens is 4. The molecule has 2 aromatic carbocycles. The second kappa shape index (κ2) is 31.9. The summed E-state index contributed by atoms with van der Waals surface area (Å²) in [4.78, 5) is 111. The fraction of sp³-hybridized carbons (Fsp3) is 0.612. The number of carbonyl (C=O) groups is 6. The first-order valence-corrected chi connectivity index (χ1v) is 44.6. The Morgan fingerprint density at radius 2 is 0.851 bits per heavy atom. The Hall–Kier alpha value is -7.94. The van der Waals surface area contributed by atoms with Crippen molar-refractivity contribution in [2.24, 2.45) is 92.7 Å². The van der Waals surface area contributed by atoms with Gasteiger partial charge in [0.2, 0.25) is 0 Å². The summed E-state index contributed by atoms with van der Waals surface area (Å²) in [6.07, 6.45) is -7.99. The topological polar surface area (TPSA) is 212 Å². The molecule has 0 radical (unpaired) electrons. The molecule has 0 N–H and O–H groups in total. The molecule has 3 aromatic heterocycles. The number of rotatable bonds is 6. The average Bonchev–Trinajstić information content (AvgIpc) is 1.67. The zero-order valence-corrected chi connectivity index (χ0v) is 75.4. The van der Waals surface area contributed by atoms with Crippen LogP contribution in [0.1, 0.15) is 277 Å². The SMILES string of the molecule is CCC1=C(C)c2nc1cc1[n-]c(c(C)c1CC)c1c3nc(cc4[n-]c(c(C)c4CC)c2-c2cccc(c2)C(=O)OC2CCC4(C)C(C2)CC2OC(=O)CCC(C)C5CCC6C7C(CC8CC(CCC8(C)C7CC(OC(=O)C(F)(F)F)C56C)OC(=O)c5cccc-1c5)OC(=O)CCC(C)C1CCC5C2C4CC(OC(=O)C(F)(F)F)C15C)C(CC)=C3C.[Zn+2]. The van der Waals surface area contributed by atoms with Crippen LogP contribution in [0.3, 0.4) is 0 Å². The molecule has 8 saturated carbocycles. The molecule has 8 aliphatic carbocycles. The number of carbonyl (C=O) groups excluding carboxylic acids is 6. The summed E-state index contributed by atoms with van der Waals surface area (Å²) in [6.45, 7) is 29.0. The molecule has 0 spiro atoms. The number of ether oxygens (including phenoxy) is 6. The molecule has 1 saturated heterocycles. The molecule has 22 atom stereocenters. The second-order valence-corrected chi connectivity index (χ2v) is 38.9. The van der Waals surface area contributed by atoms with Crippen LogP contribution in [0.4, 0.5) is 26.3 Å². The van der Waals surface area contributed by atoms with Gasteiger partial charge >= 0.3 is 67.6 Å².